The fraction of sp³-hybridized carbons (Fsp3) is 0.214. The predicted molar refractivity (Wildman–Crippen MR) is 80.2 cm³/mol. The molecule has 1 N–H and O–H groups in total. The second kappa shape index (κ2) is 5.72. The van der Waals surface area contributed by atoms with Crippen LogP contribution in [0.25, 0.3) is 0 Å². The minimum Gasteiger partial charge on any atom is -0.380 e. The highest BCUT2D eigenvalue weighted by Crippen LogP contribution is 2.19. The third-order valence-corrected chi connectivity index (χ3v) is 3.87. The van der Waals surface area contributed by atoms with E-state index in [1.165, 1.54) is 11.1 Å². The van der Waals surface area contributed by atoms with Crippen LogP contribution < -0.4 is 5.32 Å². The number of rotatable bonds is 3. The van der Waals surface area contributed by atoms with Crippen molar-refractivity contribution in [1.29, 1.82) is 0 Å². The minimum absolute atomic E-state index is 0.770. The molecule has 0 spiro atoms. The number of anilines is 1. The van der Waals surface area contributed by atoms with Crippen LogP contribution in [-0.4, -0.2) is 4.98 Å². The van der Waals surface area contributed by atoms with E-state index in [1.807, 2.05) is 31.3 Å². The predicted octanol–water partition coefficient (Wildman–Crippen LogP) is 4.73. The molecule has 0 aliphatic carbocycles. The fourth-order valence-corrected chi connectivity index (χ4v) is 2.15. The van der Waals surface area contributed by atoms with Crippen LogP contribution in [0.5, 0.6) is 0 Å². The first-order valence-electron chi connectivity index (χ1n) is 5.67. The average molecular weight is 326 g/mol. The summed E-state index contributed by atoms with van der Waals surface area (Å²) in [7, 11) is 0. The van der Waals surface area contributed by atoms with E-state index in [2.05, 4.69) is 39.2 Å². The highest BCUT2D eigenvalue weighted by molar-refractivity contribution is 9.10. The third kappa shape index (κ3) is 3.24. The van der Waals surface area contributed by atoms with Crippen molar-refractivity contribution in [1.82, 2.24) is 4.98 Å². The van der Waals surface area contributed by atoms with E-state index in [4.69, 9.17) is 11.6 Å². The molecule has 1 heterocycles. The van der Waals surface area contributed by atoms with E-state index in [-0.39, 0.29) is 0 Å². The molecule has 0 aliphatic rings. The van der Waals surface area contributed by atoms with Crippen LogP contribution >= 0.6 is 27.5 Å². The molecule has 0 radical (unpaired) electrons. The summed E-state index contributed by atoms with van der Waals surface area (Å²) in [6.07, 6.45) is 1.82. The second-order valence-corrected chi connectivity index (χ2v) is 5.44. The number of pyridine rings is 1. The number of nitrogens with zero attached hydrogens (tertiary/aromatic N) is 1. The zero-order chi connectivity index (χ0) is 13.1. The topological polar surface area (TPSA) is 24.9 Å². The molecule has 0 unspecified atom stereocenters. The molecule has 1 aromatic carbocycles. The molecule has 0 fully saturated rings. The first kappa shape index (κ1) is 13.4. The van der Waals surface area contributed by atoms with Gasteiger partial charge in [-0.25, -0.2) is 4.98 Å². The number of hydrogen-bond acceptors (Lipinski definition) is 2. The van der Waals surface area contributed by atoms with Crippen LogP contribution in [0, 0.1) is 13.8 Å². The van der Waals surface area contributed by atoms with Gasteiger partial charge in [-0.15, -0.1) is 0 Å². The van der Waals surface area contributed by atoms with Crippen LogP contribution in [-0.2, 0) is 6.54 Å². The number of hydrogen-bond donors (Lipinski definition) is 1. The molecule has 0 aliphatic heterocycles. The van der Waals surface area contributed by atoms with Crippen molar-refractivity contribution in [2.45, 2.75) is 20.4 Å². The first-order valence-corrected chi connectivity index (χ1v) is 6.84. The van der Waals surface area contributed by atoms with Gasteiger partial charge in [-0.3, -0.25) is 0 Å². The van der Waals surface area contributed by atoms with Crippen molar-refractivity contribution in [2.75, 3.05) is 5.32 Å². The van der Waals surface area contributed by atoms with Gasteiger partial charge in [0, 0.05) is 11.6 Å². The van der Waals surface area contributed by atoms with Gasteiger partial charge in [0.05, 0.1) is 11.9 Å². The van der Waals surface area contributed by atoms with Crippen molar-refractivity contribution >= 4 is 33.2 Å². The normalized spacial score (nSPS) is 10.4. The summed E-state index contributed by atoms with van der Waals surface area (Å²) in [5.41, 5.74) is 4.56. The number of nitrogens with one attached hydrogen (secondary N) is 1. The molecule has 0 bridgehead atoms. The van der Waals surface area contributed by atoms with Gasteiger partial charge in [0.15, 0.2) is 0 Å². The summed E-state index contributed by atoms with van der Waals surface area (Å²) in [6.45, 7) is 4.86. The Balaban J connectivity index is 2.09. The Morgan fingerprint density at radius 1 is 1.22 bits per heavy atom. The number of aryl methyl sites for hydroxylation is 2. The van der Waals surface area contributed by atoms with Crippen molar-refractivity contribution in [3.63, 3.8) is 0 Å². The zero-order valence-corrected chi connectivity index (χ0v) is 12.6. The van der Waals surface area contributed by atoms with Gasteiger partial charge in [-0.1, -0.05) is 17.7 Å². The molecule has 1 aromatic heterocycles. The van der Waals surface area contributed by atoms with E-state index in [0.717, 1.165) is 27.4 Å². The Morgan fingerprint density at radius 3 is 2.67 bits per heavy atom. The number of benzene rings is 1. The van der Waals surface area contributed by atoms with Gasteiger partial charge in [-0.2, -0.15) is 0 Å². The zero-order valence-electron chi connectivity index (χ0n) is 10.3. The first-order chi connectivity index (χ1) is 8.56. The quantitative estimate of drug-likeness (QED) is 0.825. The molecular formula is C14H14BrClN2. The summed E-state index contributed by atoms with van der Waals surface area (Å²) in [5, 5.41) is 4.14. The van der Waals surface area contributed by atoms with Crippen molar-refractivity contribution in [3.8, 4) is 0 Å². The smallest absolute Gasteiger partial charge is 0.109 e. The van der Waals surface area contributed by atoms with Crippen molar-refractivity contribution < 1.29 is 0 Å². The van der Waals surface area contributed by atoms with Crippen molar-refractivity contribution in [2.24, 2.45) is 0 Å². The van der Waals surface area contributed by atoms with Crippen LogP contribution in [0.1, 0.15) is 16.7 Å². The van der Waals surface area contributed by atoms with Gasteiger partial charge in [0.25, 0.3) is 0 Å². The largest absolute Gasteiger partial charge is 0.380 e. The second-order valence-electron chi connectivity index (χ2n) is 4.26. The Bertz CT molecular complexity index is 570. The monoisotopic (exact) mass is 324 g/mol. The molecular weight excluding hydrogens is 312 g/mol. The Labute approximate surface area is 121 Å². The molecule has 0 amide bonds. The highest BCUT2D eigenvalue weighted by atomic mass is 79.9. The molecule has 18 heavy (non-hydrogen) atoms. The third-order valence-electron chi connectivity index (χ3n) is 2.80. The lowest BCUT2D eigenvalue weighted by atomic mass is 10.1. The Morgan fingerprint density at radius 2 is 2.00 bits per heavy atom. The van der Waals surface area contributed by atoms with Crippen LogP contribution in [0.2, 0.25) is 5.02 Å². The van der Waals surface area contributed by atoms with E-state index in [1.54, 1.807) is 0 Å². The van der Waals surface area contributed by atoms with Crippen LogP contribution in [0.15, 0.2) is 35.1 Å². The van der Waals surface area contributed by atoms with Gasteiger partial charge < -0.3 is 5.32 Å². The van der Waals surface area contributed by atoms with E-state index < -0.39 is 0 Å². The highest BCUT2D eigenvalue weighted by Gasteiger charge is 2.01. The van der Waals surface area contributed by atoms with Gasteiger partial charge >= 0.3 is 0 Å². The average Bonchev–Trinajstić information content (AvgIpc) is 2.32. The molecule has 2 nitrogen and oxygen atoms in total. The fourth-order valence-electron chi connectivity index (χ4n) is 1.71. The molecule has 0 atom stereocenters. The summed E-state index contributed by atoms with van der Waals surface area (Å²) >= 11 is 9.33. The van der Waals surface area contributed by atoms with E-state index in [0.29, 0.717) is 0 Å². The molecule has 94 valence electrons. The molecule has 2 rings (SSSR count). The summed E-state index contributed by atoms with van der Waals surface area (Å²) in [4.78, 5) is 4.26. The lowest BCUT2D eigenvalue weighted by molar-refractivity contribution is 1.10. The molecule has 0 saturated carbocycles. The summed E-state index contributed by atoms with van der Waals surface area (Å²) in [5.74, 6) is 0. The van der Waals surface area contributed by atoms with E-state index >= 15 is 0 Å². The van der Waals surface area contributed by atoms with Gasteiger partial charge in [0.2, 0.25) is 0 Å². The Kier molecular flexibility index (Phi) is 4.25. The van der Waals surface area contributed by atoms with Crippen LogP contribution in [0.4, 0.5) is 5.69 Å². The molecule has 2 aromatic rings. The lowest BCUT2D eigenvalue weighted by Gasteiger charge is -2.10. The Hall–Kier alpha value is -1.06. The number of aromatic nitrogens is 1. The summed E-state index contributed by atoms with van der Waals surface area (Å²) in [6, 6.07) is 8.01. The number of halogens is 2. The van der Waals surface area contributed by atoms with Crippen molar-refractivity contribution in [3.05, 3.63) is 56.8 Å². The van der Waals surface area contributed by atoms with Gasteiger partial charge in [0.1, 0.15) is 4.60 Å². The van der Waals surface area contributed by atoms with Crippen LogP contribution in [0.3, 0.4) is 0 Å². The maximum absolute atomic E-state index is 5.94. The maximum atomic E-state index is 5.94. The minimum atomic E-state index is 0.770. The SMILES string of the molecule is Cc1cc(Cl)ccc1CNc1cnc(Br)c(C)c1. The lowest BCUT2D eigenvalue weighted by Crippen LogP contribution is -2.02. The summed E-state index contributed by atoms with van der Waals surface area (Å²) < 4.78 is 0.885. The van der Waals surface area contributed by atoms with Gasteiger partial charge in [-0.05, 0) is 64.7 Å². The molecule has 4 heteroatoms. The molecule has 0 saturated heterocycles. The van der Waals surface area contributed by atoms with E-state index in [9.17, 15) is 0 Å². The standard InChI is InChI=1S/C14H14BrClN2/c1-9-5-12(16)4-3-11(9)7-17-13-6-10(2)14(15)18-8-13/h3-6,8,17H,7H2,1-2H3. The maximum Gasteiger partial charge on any atom is 0.109 e.